The zero-order valence-corrected chi connectivity index (χ0v) is 22.8. The first-order valence-electron chi connectivity index (χ1n) is 13.0. The van der Waals surface area contributed by atoms with Crippen molar-refractivity contribution in [3.8, 4) is 11.5 Å². The van der Waals surface area contributed by atoms with Crippen LogP contribution in [0.2, 0.25) is 0 Å². The Labute approximate surface area is 237 Å². The van der Waals surface area contributed by atoms with Gasteiger partial charge in [0.2, 0.25) is 11.8 Å². The minimum absolute atomic E-state index is 0.0171. The van der Waals surface area contributed by atoms with Gasteiger partial charge in [-0.25, -0.2) is 10.2 Å². The molecule has 3 N–H and O–H groups in total. The van der Waals surface area contributed by atoms with Gasteiger partial charge in [0.15, 0.2) is 18.1 Å². The first-order valence-corrected chi connectivity index (χ1v) is 13.0. The van der Waals surface area contributed by atoms with Crippen LogP contribution in [-0.4, -0.2) is 49.7 Å². The van der Waals surface area contributed by atoms with Crippen LogP contribution in [0.15, 0.2) is 77.9 Å². The number of para-hydroxylation sites is 1. The molecule has 3 aromatic carbocycles. The Morgan fingerprint density at radius 2 is 1.41 bits per heavy atom. The smallest absolute Gasteiger partial charge is 0.338 e. The average Bonchev–Trinajstić information content (AvgIpc) is 2.97. The number of esters is 1. The van der Waals surface area contributed by atoms with Gasteiger partial charge in [0.05, 0.1) is 25.0 Å². The molecular weight excluding hydrogens is 528 g/mol. The fourth-order valence-electron chi connectivity index (χ4n) is 3.44. The number of ether oxygens (including phenoxy) is 3. The van der Waals surface area contributed by atoms with Gasteiger partial charge in [0.1, 0.15) is 0 Å². The van der Waals surface area contributed by atoms with Crippen molar-refractivity contribution < 1.29 is 33.4 Å². The second-order valence-electron chi connectivity index (χ2n) is 8.48. The predicted octanol–water partition coefficient (Wildman–Crippen LogP) is 4.15. The molecule has 3 amide bonds. The summed E-state index contributed by atoms with van der Waals surface area (Å²) in [6, 6.07) is 20.3. The van der Waals surface area contributed by atoms with Gasteiger partial charge in [-0.05, 0) is 74.0 Å². The van der Waals surface area contributed by atoms with Crippen LogP contribution in [0.3, 0.4) is 0 Å². The lowest BCUT2D eigenvalue weighted by Gasteiger charge is -2.13. The molecule has 0 heterocycles. The van der Waals surface area contributed by atoms with E-state index in [1.807, 2.05) is 13.0 Å². The first-order chi connectivity index (χ1) is 19.9. The number of carbonyl (C=O) groups is 4. The molecule has 0 fully saturated rings. The van der Waals surface area contributed by atoms with Gasteiger partial charge in [-0.2, -0.15) is 5.10 Å². The van der Waals surface area contributed by atoms with Gasteiger partial charge in [0, 0.05) is 24.2 Å². The molecule has 0 aliphatic rings. The van der Waals surface area contributed by atoms with Gasteiger partial charge in [-0.15, -0.1) is 0 Å². The zero-order chi connectivity index (χ0) is 29.5. The van der Waals surface area contributed by atoms with Crippen molar-refractivity contribution in [2.24, 2.45) is 5.10 Å². The van der Waals surface area contributed by atoms with Crippen LogP contribution in [0.1, 0.15) is 42.6 Å². The molecule has 0 spiro atoms. The SMILES string of the molecule is CCOC(=O)c1ccc(NC(=O)COc2ccc(C=NNC(=O)CCC(=O)Nc3ccccc3)cc2OCC)cc1. The Morgan fingerprint density at radius 1 is 0.732 bits per heavy atom. The fraction of sp³-hybridized carbons (Fsp3) is 0.233. The highest BCUT2D eigenvalue weighted by molar-refractivity contribution is 5.94. The van der Waals surface area contributed by atoms with E-state index in [9.17, 15) is 19.2 Å². The van der Waals surface area contributed by atoms with Crippen molar-refractivity contribution in [3.63, 3.8) is 0 Å². The number of amides is 3. The summed E-state index contributed by atoms with van der Waals surface area (Å²) in [5, 5.41) is 9.35. The number of hydrazone groups is 1. The number of benzene rings is 3. The maximum absolute atomic E-state index is 12.4. The van der Waals surface area contributed by atoms with E-state index in [-0.39, 0.29) is 32.0 Å². The normalized spacial score (nSPS) is 10.5. The van der Waals surface area contributed by atoms with Crippen LogP contribution in [0.25, 0.3) is 0 Å². The van der Waals surface area contributed by atoms with Crippen molar-refractivity contribution in [2.45, 2.75) is 26.7 Å². The Bertz CT molecular complexity index is 1360. The molecule has 0 aliphatic heterocycles. The molecular formula is C30H32N4O7. The summed E-state index contributed by atoms with van der Waals surface area (Å²) < 4.78 is 16.2. The van der Waals surface area contributed by atoms with Crippen molar-refractivity contribution in [1.29, 1.82) is 0 Å². The van der Waals surface area contributed by atoms with Crippen LogP contribution in [0, 0.1) is 0 Å². The molecule has 0 saturated carbocycles. The van der Waals surface area contributed by atoms with E-state index in [2.05, 4.69) is 21.2 Å². The van der Waals surface area contributed by atoms with Crippen molar-refractivity contribution in [1.82, 2.24) is 5.43 Å². The minimum Gasteiger partial charge on any atom is -0.490 e. The molecule has 0 atom stereocenters. The highest BCUT2D eigenvalue weighted by atomic mass is 16.5. The largest absolute Gasteiger partial charge is 0.490 e. The topological polar surface area (TPSA) is 144 Å². The van der Waals surface area contributed by atoms with Crippen molar-refractivity contribution in [2.75, 3.05) is 30.5 Å². The molecule has 3 aromatic rings. The third kappa shape index (κ3) is 10.5. The van der Waals surface area contributed by atoms with Gasteiger partial charge in [-0.3, -0.25) is 14.4 Å². The Hall–Kier alpha value is -5.19. The molecule has 0 bridgehead atoms. The van der Waals surface area contributed by atoms with E-state index < -0.39 is 17.8 Å². The first kappa shape index (κ1) is 30.4. The standard InChI is InChI=1S/C30H32N4O7/c1-3-39-26-18-21(19-31-34-28(36)17-16-27(35)32-23-8-6-5-7-9-23)10-15-25(26)41-20-29(37)33-24-13-11-22(12-14-24)30(38)40-4-2/h5-15,18-19H,3-4,16-17,20H2,1-2H3,(H,32,35)(H,33,37)(H,34,36). The highest BCUT2D eigenvalue weighted by Gasteiger charge is 2.11. The number of hydrogen-bond acceptors (Lipinski definition) is 8. The number of rotatable bonds is 14. The van der Waals surface area contributed by atoms with Crippen LogP contribution in [0.5, 0.6) is 11.5 Å². The predicted molar refractivity (Wildman–Crippen MR) is 154 cm³/mol. The summed E-state index contributed by atoms with van der Waals surface area (Å²) in [4.78, 5) is 48.2. The summed E-state index contributed by atoms with van der Waals surface area (Å²) in [5.74, 6) is -0.764. The summed E-state index contributed by atoms with van der Waals surface area (Å²) in [6.45, 7) is 3.90. The summed E-state index contributed by atoms with van der Waals surface area (Å²) in [5.41, 5.74) is 4.57. The van der Waals surface area contributed by atoms with Crippen LogP contribution < -0.4 is 25.5 Å². The van der Waals surface area contributed by atoms with E-state index in [0.29, 0.717) is 40.6 Å². The van der Waals surface area contributed by atoms with E-state index in [0.717, 1.165) is 0 Å². The molecule has 0 saturated heterocycles. The second kappa shape index (κ2) is 16.0. The molecule has 11 heteroatoms. The Kier molecular flexibility index (Phi) is 11.9. The number of carbonyl (C=O) groups excluding carboxylic acids is 4. The van der Waals surface area contributed by atoms with Crippen molar-refractivity contribution >= 4 is 41.3 Å². The van der Waals surface area contributed by atoms with Crippen LogP contribution in [0.4, 0.5) is 11.4 Å². The Balaban J connectivity index is 1.47. The van der Waals surface area contributed by atoms with E-state index in [1.165, 1.54) is 6.21 Å². The summed E-state index contributed by atoms with van der Waals surface area (Å²) in [6.07, 6.45) is 1.43. The van der Waals surface area contributed by atoms with Gasteiger partial charge >= 0.3 is 5.97 Å². The second-order valence-corrected chi connectivity index (χ2v) is 8.48. The lowest BCUT2D eigenvalue weighted by molar-refractivity contribution is -0.124. The summed E-state index contributed by atoms with van der Waals surface area (Å²) in [7, 11) is 0. The highest BCUT2D eigenvalue weighted by Crippen LogP contribution is 2.28. The quantitative estimate of drug-likeness (QED) is 0.153. The van der Waals surface area contributed by atoms with Gasteiger partial charge in [-0.1, -0.05) is 18.2 Å². The molecule has 0 aromatic heterocycles. The average molecular weight is 561 g/mol. The van der Waals surface area contributed by atoms with Crippen LogP contribution >= 0.6 is 0 Å². The Morgan fingerprint density at radius 3 is 2.12 bits per heavy atom. The van der Waals surface area contributed by atoms with E-state index in [4.69, 9.17) is 14.2 Å². The fourth-order valence-corrected chi connectivity index (χ4v) is 3.44. The van der Waals surface area contributed by atoms with Gasteiger partial charge < -0.3 is 24.8 Å². The van der Waals surface area contributed by atoms with Gasteiger partial charge in [0.25, 0.3) is 5.91 Å². The zero-order valence-electron chi connectivity index (χ0n) is 22.8. The number of anilines is 2. The molecule has 214 valence electrons. The molecule has 41 heavy (non-hydrogen) atoms. The van der Waals surface area contributed by atoms with Crippen LogP contribution in [-0.2, 0) is 19.1 Å². The molecule has 0 unspecified atom stereocenters. The lowest BCUT2D eigenvalue weighted by atomic mass is 10.2. The molecule has 3 rings (SSSR count). The number of nitrogens with zero attached hydrogens (tertiary/aromatic N) is 1. The van der Waals surface area contributed by atoms with Crippen molar-refractivity contribution in [3.05, 3.63) is 83.9 Å². The molecule has 11 nitrogen and oxygen atoms in total. The third-order valence-corrected chi connectivity index (χ3v) is 5.35. The number of nitrogens with one attached hydrogen (secondary N) is 3. The third-order valence-electron chi connectivity index (χ3n) is 5.35. The summed E-state index contributed by atoms with van der Waals surface area (Å²) >= 11 is 0. The monoisotopic (exact) mass is 560 g/mol. The molecule has 0 aliphatic carbocycles. The molecule has 0 radical (unpaired) electrons. The van der Waals surface area contributed by atoms with E-state index in [1.54, 1.807) is 73.7 Å². The minimum atomic E-state index is -0.434. The maximum atomic E-state index is 12.4. The lowest BCUT2D eigenvalue weighted by Crippen LogP contribution is -2.20. The van der Waals surface area contributed by atoms with E-state index >= 15 is 0 Å². The maximum Gasteiger partial charge on any atom is 0.338 e. The number of hydrogen-bond donors (Lipinski definition) is 3.